The number of likely N-dealkylation sites (tertiary alicyclic amines) is 1. The second kappa shape index (κ2) is 12.2. The van der Waals surface area contributed by atoms with Crippen LogP contribution in [0.3, 0.4) is 0 Å². The van der Waals surface area contributed by atoms with Crippen molar-refractivity contribution in [1.29, 1.82) is 0 Å². The predicted molar refractivity (Wildman–Crippen MR) is 125 cm³/mol. The van der Waals surface area contributed by atoms with Crippen LogP contribution in [-0.2, 0) is 17.8 Å². The van der Waals surface area contributed by atoms with Crippen LogP contribution in [0.15, 0.2) is 58.1 Å². The van der Waals surface area contributed by atoms with Gasteiger partial charge in [-0.3, -0.25) is 4.79 Å². The Morgan fingerprint density at radius 2 is 1.87 bits per heavy atom. The molecular formula is C25H36N4O2. The molecule has 2 heterocycles. The van der Waals surface area contributed by atoms with Crippen molar-refractivity contribution >= 4 is 11.9 Å². The van der Waals surface area contributed by atoms with Gasteiger partial charge in [0.1, 0.15) is 5.76 Å². The SMILES string of the molecule is CCC(CC)C(=O)N1CCC(NC(=NCc2ccccc2)NCCc2ccco2)CC1. The third kappa shape index (κ3) is 7.16. The summed E-state index contributed by atoms with van der Waals surface area (Å²) in [5.41, 5.74) is 1.18. The summed E-state index contributed by atoms with van der Waals surface area (Å²) in [5.74, 6) is 2.26. The third-order valence-corrected chi connectivity index (χ3v) is 5.99. The van der Waals surface area contributed by atoms with Gasteiger partial charge in [0.05, 0.1) is 12.8 Å². The number of carbonyl (C=O) groups is 1. The number of nitrogens with one attached hydrogen (secondary N) is 2. The molecule has 0 bridgehead atoms. The summed E-state index contributed by atoms with van der Waals surface area (Å²) in [6, 6.07) is 14.5. The van der Waals surface area contributed by atoms with Gasteiger partial charge in [0.25, 0.3) is 0 Å². The average molecular weight is 425 g/mol. The molecule has 1 amide bonds. The smallest absolute Gasteiger partial charge is 0.225 e. The Kier molecular flexibility index (Phi) is 9.00. The molecule has 6 heteroatoms. The molecule has 0 radical (unpaired) electrons. The van der Waals surface area contributed by atoms with Crippen molar-refractivity contribution in [3.05, 3.63) is 60.1 Å². The first-order valence-electron chi connectivity index (χ1n) is 11.6. The molecule has 1 saturated heterocycles. The van der Waals surface area contributed by atoms with E-state index in [1.165, 1.54) is 5.56 Å². The summed E-state index contributed by atoms with van der Waals surface area (Å²) in [7, 11) is 0. The van der Waals surface area contributed by atoms with Crippen LogP contribution in [0, 0.1) is 5.92 Å². The molecule has 0 spiro atoms. The van der Waals surface area contributed by atoms with Crippen LogP contribution in [0.1, 0.15) is 50.9 Å². The molecule has 2 N–H and O–H groups in total. The number of benzene rings is 1. The van der Waals surface area contributed by atoms with Gasteiger partial charge in [-0.25, -0.2) is 4.99 Å². The predicted octanol–water partition coefficient (Wildman–Crippen LogP) is 3.98. The van der Waals surface area contributed by atoms with E-state index in [-0.39, 0.29) is 5.92 Å². The lowest BCUT2D eigenvalue weighted by molar-refractivity contribution is -0.136. The molecule has 31 heavy (non-hydrogen) atoms. The van der Waals surface area contributed by atoms with E-state index in [4.69, 9.17) is 9.41 Å². The van der Waals surface area contributed by atoms with E-state index >= 15 is 0 Å². The van der Waals surface area contributed by atoms with E-state index in [9.17, 15) is 4.79 Å². The molecule has 1 aliphatic rings. The van der Waals surface area contributed by atoms with E-state index in [0.717, 1.165) is 63.5 Å². The average Bonchev–Trinajstić information content (AvgIpc) is 3.33. The van der Waals surface area contributed by atoms with Gasteiger partial charge in [-0.05, 0) is 43.4 Å². The normalized spacial score (nSPS) is 15.3. The van der Waals surface area contributed by atoms with Crippen molar-refractivity contribution in [2.24, 2.45) is 10.9 Å². The van der Waals surface area contributed by atoms with Gasteiger partial charge in [-0.2, -0.15) is 0 Å². The monoisotopic (exact) mass is 424 g/mol. The van der Waals surface area contributed by atoms with Crippen molar-refractivity contribution in [3.63, 3.8) is 0 Å². The first-order chi connectivity index (χ1) is 15.2. The van der Waals surface area contributed by atoms with Crippen LogP contribution >= 0.6 is 0 Å². The second-order valence-electron chi connectivity index (χ2n) is 8.16. The summed E-state index contributed by atoms with van der Waals surface area (Å²) in [6.45, 7) is 7.20. The Bertz CT molecular complexity index is 792. The molecule has 1 aromatic heterocycles. The highest BCUT2D eigenvalue weighted by atomic mass is 16.3. The molecule has 168 valence electrons. The zero-order chi connectivity index (χ0) is 21.9. The van der Waals surface area contributed by atoms with Crippen LogP contribution in [0.4, 0.5) is 0 Å². The summed E-state index contributed by atoms with van der Waals surface area (Å²) >= 11 is 0. The van der Waals surface area contributed by atoms with Gasteiger partial charge < -0.3 is 20.0 Å². The highest BCUT2D eigenvalue weighted by Crippen LogP contribution is 2.17. The number of nitrogens with zero attached hydrogens (tertiary/aromatic N) is 2. The van der Waals surface area contributed by atoms with E-state index < -0.39 is 0 Å². The number of amides is 1. The molecule has 0 aliphatic carbocycles. The maximum Gasteiger partial charge on any atom is 0.225 e. The van der Waals surface area contributed by atoms with Gasteiger partial charge in [0.2, 0.25) is 5.91 Å². The first-order valence-corrected chi connectivity index (χ1v) is 11.6. The molecule has 2 aromatic rings. The molecule has 6 nitrogen and oxygen atoms in total. The van der Waals surface area contributed by atoms with E-state index in [1.807, 2.05) is 35.2 Å². The minimum atomic E-state index is 0.163. The van der Waals surface area contributed by atoms with Crippen molar-refractivity contribution < 1.29 is 9.21 Å². The largest absolute Gasteiger partial charge is 0.469 e. The topological polar surface area (TPSA) is 69.9 Å². The van der Waals surface area contributed by atoms with Crippen molar-refractivity contribution in [2.45, 2.75) is 58.5 Å². The Hall–Kier alpha value is -2.76. The number of hydrogen-bond donors (Lipinski definition) is 2. The zero-order valence-electron chi connectivity index (χ0n) is 18.8. The van der Waals surface area contributed by atoms with E-state index in [1.54, 1.807) is 6.26 Å². The van der Waals surface area contributed by atoms with Gasteiger partial charge >= 0.3 is 0 Å². The first kappa shape index (κ1) is 22.9. The lowest BCUT2D eigenvalue weighted by Crippen LogP contribution is -2.50. The highest BCUT2D eigenvalue weighted by Gasteiger charge is 2.26. The number of piperidine rings is 1. The molecule has 0 unspecified atom stereocenters. The maximum absolute atomic E-state index is 12.7. The highest BCUT2D eigenvalue weighted by molar-refractivity contribution is 5.80. The molecule has 1 aliphatic heterocycles. The van der Waals surface area contributed by atoms with Gasteiger partial charge in [-0.1, -0.05) is 44.2 Å². The lowest BCUT2D eigenvalue weighted by Gasteiger charge is -2.35. The molecule has 1 fully saturated rings. The van der Waals surface area contributed by atoms with Crippen LogP contribution in [0.2, 0.25) is 0 Å². The molecular weight excluding hydrogens is 388 g/mol. The third-order valence-electron chi connectivity index (χ3n) is 5.99. The number of hydrogen-bond acceptors (Lipinski definition) is 3. The van der Waals surface area contributed by atoms with Crippen LogP contribution in [-0.4, -0.2) is 42.4 Å². The molecule has 3 rings (SSSR count). The number of guanidine groups is 1. The second-order valence-corrected chi connectivity index (χ2v) is 8.16. The Labute approximate surface area is 186 Å². The number of furan rings is 1. The lowest BCUT2D eigenvalue weighted by atomic mass is 9.98. The quantitative estimate of drug-likeness (QED) is 0.472. The minimum absolute atomic E-state index is 0.163. The Morgan fingerprint density at radius 3 is 2.52 bits per heavy atom. The van der Waals surface area contributed by atoms with Crippen molar-refractivity contribution in [3.8, 4) is 0 Å². The number of aliphatic imine (C=N–C) groups is 1. The minimum Gasteiger partial charge on any atom is -0.469 e. The molecule has 0 saturated carbocycles. The summed E-state index contributed by atoms with van der Waals surface area (Å²) in [4.78, 5) is 19.5. The van der Waals surface area contributed by atoms with E-state index in [0.29, 0.717) is 18.5 Å². The number of rotatable bonds is 9. The van der Waals surface area contributed by atoms with Crippen LogP contribution in [0.5, 0.6) is 0 Å². The molecule has 0 atom stereocenters. The van der Waals surface area contributed by atoms with Gasteiger partial charge in [0, 0.05) is 38.0 Å². The summed E-state index contributed by atoms with van der Waals surface area (Å²) in [6.07, 6.45) is 6.23. The van der Waals surface area contributed by atoms with Gasteiger partial charge in [0.15, 0.2) is 5.96 Å². The fraction of sp³-hybridized carbons (Fsp3) is 0.520. The number of carbonyl (C=O) groups excluding carboxylic acids is 1. The maximum atomic E-state index is 12.7. The summed E-state index contributed by atoms with van der Waals surface area (Å²) in [5, 5.41) is 7.04. The van der Waals surface area contributed by atoms with Gasteiger partial charge in [-0.15, -0.1) is 0 Å². The fourth-order valence-electron chi connectivity index (χ4n) is 4.00. The zero-order valence-corrected chi connectivity index (χ0v) is 18.8. The summed E-state index contributed by atoms with van der Waals surface area (Å²) < 4.78 is 5.43. The van der Waals surface area contributed by atoms with Crippen LogP contribution < -0.4 is 10.6 Å². The molecule has 1 aromatic carbocycles. The Morgan fingerprint density at radius 1 is 1.13 bits per heavy atom. The van der Waals surface area contributed by atoms with Crippen molar-refractivity contribution in [2.75, 3.05) is 19.6 Å². The van der Waals surface area contributed by atoms with Crippen molar-refractivity contribution in [1.82, 2.24) is 15.5 Å². The standard InChI is InChI=1S/C25H36N4O2/c1-3-21(4-2)24(30)29-16-13-22(14-17-29)28-25(26-15-12-23-11-8-18-31-23)27-19-20-9-6-5-7-10-20/h5-11,18,21-22H,3-4,12-17,19H2,1-2H3,(H2,26,27,28). The fourth-order valence-corrected chi connectivity index (χ4v) is 4.00. The van der Waals surface area contributed by atoms with Crippen LogP contribution in [0.25, 0.3) is 0 Å². The van der Waals surface area contributed by atoms with E-state index in [2.05, 4.69) is 36.6 Å². The Balaban J connectivity index is 1.54.